The zero-order chi connectivity index (χ0) is 14.9. The number of halogens is 3. The highest BCUT2D eigenvalue weighted by molar-refractivity contribution is 7.12. The van der Waals surface area contributed by atoms with Gasteiger partial charge in [-0.2, -0.15) is 0 Å². The van der Waals surface area contributed by atoms with Crippen LogP contribution in [-0.2, 0) is 0 Å². The van der Waals surface area contributed by atoms with Crippen LogP contribution in [0.3, 0.4) is 0 Å². The molecule has 0 atom stereocenters. The van der Waals surface area contributed by atoms with Crippen molar-refractivity contribution >= 4 is 63.7 Å². The lowest BCUT2D eigenvalue weighted by Gasteiger charge is -2.11. The first kappa shape index (κ1) is 15.1. The molecule has 1 aromatic heterocycles. The summed E-state index contributed by atoms with van der Waals surface area (Å²) in [5, 5.41) is 13.6. The standard InChI is InChI=1S/C12H6Cl3NO3S/c13-5-1-2-6(14)9(8(5)12(18)19)16-11(17)10-7(15)3-4-20-10/h1-4H,(H,16,17)(H,18,19). The molecule has 1 heterocycles. The topological polar surface area (TPSA) is 66.4 Å². The molecular weight excluding hydrogens is 345 g/mol. The van der Waals surface area contributed by atoms with E-state index in [-0.39, 0.29) is 31.2 Å². The van der Waals surface area contributed by atoms with Gasteiger partial charge in [-0.3, -0.25) is 4.79 Å². The number of carboxylic acids is 1. The number of hydrogen-bond donors (Lipinski definition) is 2. The molecule has 20 heavy (non-hydrogen) atoms. The molecule has 2 rings (SSSR count). The van der Waals surface area contributed by atoms with Crippen molar-refractivity contribution in [3.63, 3.8) is 0 Å². The molecule has 0 spiro atoms. The monoisotopic (exact) mass is 349 g/mol. The van der Waals surface area contributed by atoms with Gasteiger partial charge in [-0.25, -0.2) is 4.79 Å². The van der Waals surface area contributed by atoms with Crippen LogP contribution in [0.15, 0.2) is 23.6 Å². The summed E-state index contributed by atoms with van der Waals surface area (Å²) < 4.78 is 0. The summed E-state index contributed by atoms with van der Waals surface area (Å²) in [6, 6.07) is 4.32. The molecule has 2 N–H and O–H groups in total. The van der Waals surface area contributed by atoms with Crippen molar-refractivity contribution in [1.29, 1.82) is 0 Å². The normalized spacial score (nSPS) is 10.3. The molecule has 2 aromatic rings. The lowest BCUT2D eigenvalue weighted by molar-refractivity contribution is 0.0698. The molecule has 8 heteroatoms. The van der Waals surface area contributed by atoms with Crippen LogP contribution in [0.2, 0.25) is 15.1 Å². The van der Waals surface area contributed by atoms with Crippen LogP contribution in [0.5, 0.6) is 0 Å². The quantitative estimate of drug-likeness (QED) is 0.846. The van der Waals surface area contributed by atoms with E-state index in [1.165, 1.54) is 12.1 Å². The van der Waals surface area contributed by atoms with Gasteiger partial charge in [0.15, 0.2) is 0 Å². The first-order valence-electron chi connectivity index (χ1n) is 5.17. The highest BCUT2D eigenvalue weighted by Crippen LogP contribution is 2.33. The van der Waals surface area contributed by atoms with Crippen LogP contribution < -0.4 is 5.32 Å². The molecule has 4 nitrogen and oxygen atoms in total. The number of carbonyl (C=O) groups excluding carboxylic acids is 1. The minimum Gasteiger partial charge on any atom is -0.478 e. The number of rotatable bonds is 3. The van der Waals surface area contributed by atoms with Gasteiger partial charge < -0.3 is 10.4 Å². The van der Waals surface area contributed by atoms with Crippen molar-refractivity contribution in [2.75, 3.05) is 5.32 Å². The molecule has 0 unspecified atom stereocenters. The Kier molecular flexibility index (Phi) is 4.55. The molecule has 0 radical (unpaired) electrons. The van der Waals surface area contributed by atoms with Gasteiger partial charge in [0.2, 0.25) is 0 Å². The minimum absolute atomic E-state index is 0.0190. The summed E-state index contributed by atoms with van der Waals surface area (Å²) in [4.78, 5) is 23.5. The maximum atomic E-state index is 12.1. The molecule has 0 saturated heterocycles. The van der Waals surface area contributed by atoms with Gasteiger partial charge in [0.1, 0.15) is 10.4 Å². The number of benzene rings is 1. The first-order valence-corrected chi connectivity index (χ1v) is 7.18. The molecule has 0 aliphatic rings. The third-order valence-electron chi connectivity index (χ3n) is 2.38. The van der Waals surface area contributed by atoms with Crippen molar-refractivity contribution in [3.8, 4) is 0 Å². The van der Waals surface area contributed by atoms with Gasteiger partial charge >= 0.3 is 5.97 Å². The number of anilines is 1. The van der Waals surface area contributed by atoms with E-state index in [9.17, 15) is 9.59 Å². The molecule has 104 valence electrons. The Morgan fingerprint density at radius 3 is 2.25 bits per heavy atom. The fraction of sp³-hybridized carbons (Fsp3) is 0. The predicted octanol–water partition coefficient (Wildman–Crippen LogP) is 4.66. The third kappa shape index (κ3) is 2.91. The lowest BCUT2D eigenvalue weighted by Crippen LogP contribution is -2.15. The van der Waals surface area contributed by atoms with Crippen molar-refractivity contribution in [3.05, 3.63) is 49.1 Å². The number of aromatic carboxylic acids is 1. The van der Waals surface area contributed by atoms with E-state index < -0.39 is 11.9 Å². The van der Waals surface area contributed by atoms with E-state index in [1.807, 2.05) is 0 Å². The Hall–Kier alpha value is -1.27. The number of nitrogens with one attached hydrogen (secondary N) is 1. The Morgan fingerprint density at radius 2 is 1.70 bits per heavy atom. The number of hydrogen-bond acceptors (Lipinski definition) is 3. The van der Waals surface area contributed by atoms with Crippen LogP contribution >= 0.6 is 46.1 Å². The van der Waals surface area contributed by atoms with E-state index in [2.05, 4.69) is 5.32 Å². The number of carbonyl (C=O) groups is 2. The minimum atomic E-state index is -1.29. The van der Waals surface area contributed by atoms with Gasteiger partial charge in [-0.1, -0.05) is 34.8 Å². The average molecular weight is 351 g/mol. The second kappa shape index (κ2) is 6.01. The third-order valence-corrected chi connectivity index (χ3v) is 4.35. The number of carboxylic acid groups (broad SMARTS) is 1. The Balaban J connectivity index is 2.44. The van der Waals surface area contributed by atoms with E-state index in [4.69, 9.17) is 39.9 Å². The van der Waals surface area contributed by atoms with E-state index >= 15 is 0 Å². The fourth-order valence-corrected chi connectivity index (χ4v) is 2.99. The van der Waals surface area contributed by atoms with Gasteiger partial charge in [0.25, 0.3) is 5.91 Å². The SMILES string of the molecule is O=C(Nc1c(Cl)ccc(Cl)c1C(=O)O)c1sccc1Cl. The van der Waals surface area contributed by atoms with Gasteiger partial charge in [-0.15, -0.1) is 11.3 Å². The predicted molar refractivity (Wildman–Crippen MR) is 80.7 cm³/mol. The summed E-state index contributed by atoms with van der Waals surface area (Å²) in [5.74, 6) is -1.83. The Bertz CT molecular complexity index is 699. The van der Waals surface area contributed by atoms with Crippen LogP contribution in [-0.4, -0.2) is 17.0 Å². The highest BCUT2D eigenvalue weighted by atomic mass is 35.5. The van der Waals surface area contributed by atoms with Crippen LogP contribution in [0.25, 0.3) is 0 Å². The summed E-state index contributed by atoms with van der Waals surface area (Å²) in [7, 11) is 0. The zero-order valence-corrected chi connectivity index (χ0v) is 12.7. The van der Waals surface area contributed by atoms with E-state index in [1.54, 1.807) is 11.4 Å². The molecule has 0 aliphatic heterocycles. The fourth-order valence-electron chi connectivity index (χ4n) is 1.51. The molecule has 0 fully saturated rings. The summed E-state index contributed by atoms with van der Waals surface area (Å²) >= 11 is 18.7. The van der Waals surface area contributed by atoms with E-state index in [0.29, 0.717) is 0 Å². The van der Waals surface area contributed by atoms with Gasteiger partial charge in [0.05, 0.1) is 20.8 Å². The number of amides is 1. The smallest absolute Gasteiger partial charge is 0.339 e. The second-order valence-electron chi connectivity index (χ2n) is 3.64. The van der Waals surface area contributed by atoms with Crippen molar-refractivity contribution in [2.24, 2.45) is 0 Å². The summed E-state index contributed by atoms with van der Waals surface area (Å²) in [6.07, 6.45) is 0. The maximum Gasteiger partial charge on any atom is 0.339 e. The zero-order valence-electron chi connectivity index (χ0n) is 9.62. The Labute approximate surface area is 132 Å². The number of thiophene rings is 1. The van der Waals surface area contributed by atoms with Crippen LogP contribution in [0, 0.1) is 0 Å². The molecule has 1 amide bonds. The highest BCUT2D eigenvalue weighted by Gasteiger charge is 2.21. The lowest BCUT2D eigenvalue weighted by atomic mass is 10.1. The van der Waals surface area contributed by atoms with Gasteiger partial charge in [0, 0.05) is 0 Å². The molecule has 0 saturated carbocycles. The average Bonchev–Trinajstić information content (AvgIpc) is 2.79. The Morgan fingerprint density at radius 1 is 1.05 bits per heavy atom. The van der Waals surface area contributed by atoms with Crippen molar-refractivity contribution in [2.45, 2.75) is 0 Å². The summed E-state index contributed by atoms with van der Waals surface area (Å²) in [6.45, 7) is 0. The van der Waals surface area contributed by atoms with Crippen LogP contribution in [0.1, 0.15) is 20.0 Å². The van der Waals surface area contributed by atoms with Crippen molar-refractivity contribution in [1.82, 2.24) is 0 Å². The largest absolute Gasteiger partial charge is 0.478 e. The van der Waals surface area contributed by atoms with Crippen molar-refractivity contribution < 1.29 is 14.7 Å². The maximum absolute atomic E-state index is 12.1. The van der Waals surface area contributed by atoms with Gasteiger partial charge in [-0.05, 0) is 23.6 Å². The second-order valence-corrected chi connectivity index (χ2v) is 5.77. The van der Waals surface area contributed by atoms with Crippen LogP contribution in [0.4, 0.5) is 5.69 Å². The molecule has 0 aliphatic carbocycles. The first-order chi connectivity index (χ1) is 9.41. The molecule has 0 bridgehead atoms. The summed E-state index contributed by atoms with van der Waals surface area (Å²) in [5.41, 5.74) is -0.318. The molecule has 1 aromatic carbocycles. The van der Waals surface area contributed by atoms with E-state index in [0.717, 1.165) is 11.3 Å². The molecular formula is C12H6Cl3NO3S.